The van der Waals surface area contributed by atoms with Crippen LogP contribution in [0.25, 0.3) is 0 Å². The number of aromatic hydroxyl groups is 1. The number of fused-ring (bicyclic) bond motifs is 1. The first-order valence-electron chi connectivity index (χ1n) is 11.3. The van der Waals surface area contributed by atoms with Gasteiger partial charge in [-0.15, -0.1) is 0 Å². The minimum Gasteiger partial charge on any atom is -0.507 e. The lowest BCUT2D eigenvalue weighted by molar-refractivity contribution is 0.0806. The summed E-state index contributed by atoms with van der Waals surface area (Å²) in [6.45, 7) is 12.5. The van der Waals surface area contributed by atoms with Gasteiger partial charge in [0.15, 0.2) is 6.10 Å². The number of carbonyl (C=O) groups is 1. The van der Waals surface area contributed by atoms with Crippen molar-refractivity contribution >= 4 is 17.4 Å². The van der Waals surface area contributed by atoms with Gasteiger partial charge in [-0.25, -0.2) is 0 Å². The first kappa shape index (κ1) is 23.4. The van der Waals surface area contributed by atoms with Crippen molar-refractivity contribution in [2.24, 2.45) is 0 Å². The van der Waals surface area contributed by atoms with E-state index in [1.54, 1.807) is 6.07 Å². The van der Waals surface area contributed by atoms with Crippen LogP contribution < -0.4 is 4.74 Å². The van der Waals surface area contributed by atoms with E-state index in [1.807, 2.05) is 54.6 Å². The number of ketones is 1. The Balaban J connectivity index is 1.95. The highest BCUT2D eigenvalue weighted by Crippen LogP contribution is 2.48. The molecular weight excluding hydrogens is 432 g/mol. The van der Waals surface area contributed by atoms with Crippen LogP contribution in [0.4, 0.5) is 0 Å². The fraction of sp³-hybridized carbons (Fsp3) is 0.345. The van der Waals surface area contributed by atoms with Crippen LogP contribution in [-0.2, 0) is 10.8 Å². The van der Waals surface area contributed by atoms with Crippen molar-refractivity contribution < 1.29 is 14.6 Å². The van der Waals surface area contributed by atoms with Gasteiger partial charge in [0.1, 0.15) is 11.5 Å². The molecule has 33 heavy (non-hydrogen) atoms. The quantitative estimate of drug-likeness (QED) is 0.412. The van der Waals surface area contributed by atoms with Gasteiger partial charge >= 0.3 is 0 Å². The number of phenolic OH excluding ortho intramolecular Hbond substituents is 1. The SMILES string of the molecule is CC(C)(C)c1cc([C@H]2c3cc(Cl)ccc3O[C@@H]2C(=O)c2ccccc2)cc(C(C)(C)C)c1O. The second-order valence-corrected chi connectivity index (χ2v) is 11.3. The Kier molecular flexibility index (Phi) is 5.82. The molecule has 0 radical (unpaired) electrons. The van der Waals surface area contributed by atoms with Gasteiger partial charge in [0.05, 0.1) is 5.92 Å². The third-order valence-corrected chi connectivity index (χ3v) is 6.52. The molecule has 1 N–H and O–H groups in total. The van der Waals surface area contributed by atoms with E-state index in [2.05, 4.69) is 41.5 Å². The van der Waals surface area contributed by atoms with Crippen molar-refractivity contribution in [3.05, 3.63) is 93.5 Å². The van der Waals surface area contributed by atoms with Gasteiger partial charge in [-0.05, 0) is 45.7 Å². The van der Waals surface area contributed by atoms with E-state index < -0.39 is 6.10 Å². The second-order valence-electron chi connectivity index (χ2n) is 10.9. The van der Waals surface area contributed by atoms with E-state index in [-0.39, 0.29) is 22.5 Å². The molecule has 0 aliphatic carbocycles. The maximum absolute atomic E-state index is 13.6. The van der Waals surface area contributed by atoms with Gasteiger partial charge in [-0.1, -0.05) is 95.6 Å². The van der Waals surface area contributed by atoms with E-state index >= 15 is 0 Å². The maximum atomic E-state index is 13.6. The summed E-state index contributed by atoms with van der Waals surface area (Å²) in [5.74, 6) is 0.570. The highest BCUT2D eigenvalue weighted by molar-refractivity contribution is 6.30. The molecule has 4 heteroatoms. The third kappa shape index (κ3) is 4.39. The number of rotatable bonds is 3. The van der Waals surface area contributed by atoms with Gasteiger partial charge in [0, 0.05) is 16.1 Å². The van der Waals surface area contributed by atoms with Gasteiger partial charge < -0.3 is 9.84 Å². The largest absolute Gasteiger partial charge is 0.507 e. The normalized spacial score (nSPS) is 18.0. The van der Waals surface area contributed by atoms with Crippen molar-refractivity contribution in [2.75, 3.05) is 0 Å². The van der Waals surface area contributed by atoms with Crippen LogP contribution in [0.3, 0.4) is 0 Å². The molecular formula is C29H31ClO3. The van der Waals surface area contributed by atoms with E-state index in [1.165, 1.54) is 0 Å². The number of hydrogen-bond acceptors (Lipinski definition) is 3. The minimum absolute atomic E-state index is 0.0735. The molecule has 1 aliphatic heterocycles. The molecule has 4 rings (SSSR count). The third-order valence-electron chi connectivity index (χ3n) is 6.29. The van der Waals surface area contributed by atoms with E-state index in [4.69, 9.17) is 16.3 Å². The molecule has 0 unspecified atom stereocenters. The van der Waals surface area contributed by atoms with Crippen LogP contribution in [0.5, 0.6) is 11.5 Å². The van der Waals surface area contributed by atoms with Crippen LogP contribution in [0.2, 0.25) is 5.02 Å². The minimum atomic E-state index is -0.717. The van der Waals surface area contributed by atoms with E-state index in [0.29, 0.717) is 22.1 Å². The zero-order valence-corrected chi connectivity index (χ0v) is 20.8. The highest BCUT2D eigenvalue weighted by Gasteiger charge is 2.42. The summed E-state index contributed by atoms with van der Waals surface area (Å²) in [6.07, 6.45) is -0.717. The molecule has 172 valence electrons. The second kappa shape index (κ2) is 8.22. The molecule has 1 heterocycles. The Morgan fingerprint density at radius 3 is 2.00 bits per heavy atom. The molecule has 0 saturated carbocycles. The first-order valence-corrected chi connectivity index (χ1v) is 11.7. The topological polar surface area (TPSA) is 46.5 Å². The summed E-state index contributed by atoms with van der Waals surface area (Å²) in [4.78, 5) is 13.6. The fourth-order valence-electron chi connectivity index (χ4n) is 4.54. The fourth-order valence-corrected chi connectivity index (χ4v) is 4.72. The molecule has 0 bridgehead atoms. The summed E-state index contributed by atoms with van der Waals surface area (Å²) in [5.41, 5.74) is 3.58. The molecule has 0 fully saturated rings. The Morgan fingerprint density at radius 1 is 0.879 bits per heavy atom. The van der Waals surface area contributed by atoms with Crippen LogP contribution in [0.15, 0.2) is 60.7 Å². The number of hydrogen-bond donors (Lipinski definition) is 1. The molecule has 2 atom stereocenters. The predicted octanol–water partition coefficient (Wildman–Crippen LogP) is 7.42. The van der Waals surface area contributed by atoms with Crippen LogP contribution in [0, 0.1) is 0 Å². The smallest absolute Gasteiger partial charge is 0.204 e. The highest BCUT2D eigenvalue weighted by atomic mass is 35.5. The zero-order valence-electron chi connectivity index (χ0n) is 20.1. The maximum Gasteiger partial charge on any atom is 0.204 e. The number of phenols is 1. The van der Waals surface area contributed by atoms with Crippen molar-refractivity contribution in [1.82, 2.24) is 0 Å². The Morgan fingerprint density at radius 2 is 1.45 bits per heavy atom. The van der Waals surface area contributed by atoms with Crippen molar-refractivity contribution in [1.29, 1.82) is 0 Å². The lowest BCUT2D eigenvalue weighted by Crippen LogP contribution is -2.30. The van der Waals surface area contributed by atoms with Crippen LogP contribution >= 0.6 is 11.6 Å². The number of ether oxygens (including phenoxy) is 1. The van der Waals surface area contributed by atoms with Crippen LogP contribution in [0.1, 0.15) is 80.1 Å². The molecule has 3 nitrogen and oxygen atoms in total. The standard InChI is InChI=1S/C29H31ClO3/c1-28(2,3)21-14-18(15-22(26(21)32)29(4,5)6)24-20-16-19(30)12-13-23(20)33-27(24)25(31)17-10-8-7-9-11-17/h7-16,24,27,32H,1-6H3/t24-,27-/m0/s1. The first-order chi connectivity index (χ1) is 15.4. The predicted molar refractivity (Wildman–Crippen MR) is 134 cm³/mol. The van der Waals surface area contributed by atoms with Gasteiger partial charge in [0.25, 0.3) is 0 Å². The summed E-state index contributed by atoms with van der Waals surface area (Å²) >= 11 is 6.37. The monoisotopic (exact) mass is 462 g/mol. The number of benzene rings is 3. The number of halogens is 1. The van der Waals surface area contributed by atoms with E-state index in [9.17, 15) is 9.90 Å². The van der Waals surface area contributed by atoms with E-state index in [0.717, 1.165) is 22.3 Å². The lowest BCUT2D eigenvalue weighted by atomic mass is 9.75. The molecule has 0 amide bonds. The average Bonchev–Trinajstić information content (AvgIpc) is 3.11. The summed E-state index contributed by atoms with van der Waals surface area (Å²) in [5, 5.41) is 11.8. The Bertz CT molecular complexity index is 1160. The van der Waals surface area contributed by atoms with Crippen molar-refractivity contribution in [3.63, 3.8) is 0 Å². The summed E-state index contributed by atoms with van der Waals surface area (Å²) < 4.78 is 6.26. The van der Waals surface area contributed by atoms with Gasteiger partial charge in [0.2, 0.25) is 5.78 Å². The van der Waals surface area contributed by atoms with Gasteiger partial charge in [-0.2, -0.15) is 0 Å². The zero-order chi connectivity index (χ0) is 24.1. The Hall–Kier alpha value is -2.78. The lowest BCUT2D eigenvalue weighted by Gasteiger charge is -2.30. The molecule has 3 aromatic carbocycles. The van der Waals surface area contributed by atoms with Crippen LogP contribution in [-0.4, -0.2) is 17.0 Å². The average molecular weight is 463 g/mol. The molecule has 3 aromatic rings. The summed E-state index contributed by atoms with van der Waals surface area (Å²) in [6, 6.07) is 18.8. The number of Topliss-reactive ketones (excluding diaryl/α,β-unsaturated/α-hetero) is 1. The van der Waals surface area contributed by atoms with Crippen molar-refractivity contribution in [2.45, 2.75) is 64.4 Å². The molecule has 1 aliphatic rings. The molecule has 0 saturated heterocycles. The summed E-state index contributed by atoms with van der Waals surface area (Å²) in [7, 11) is 0. The molecule has 0 aromatic heterocycles. The molecule has 0 spiro atoms. The van der Waals surface area contributed by atoms with Crippen molar-refractivity contribution in [3.8, 4) is 11.5 Å². The Labute approximate surface area is 201 Å². The number of carbonyl (C=O) groups excluding carboxylic acids is 1. The van der Waals surface area contributed by atoms with Gasteiger partial charge in [-0.3, -0.25) is 4.79 Å².